The highest BCUT2D eigenvalue weighted by atomic mass is 35.5. The van der Waals surface area contributed by atoms with Gasteiger partial charge in [0.2, 0.25) is 0 Å². The molecular formula is C20H16ClN3OS2. The van der Waals surface area contributed by atoms with Crippen LogP contribution in [0.4, 0.5) is 0 Å². The molecule has 0 aliphatic heterocycles. The Balaban J connectivity index is 1.68. The molecule has 0 radical (unpaired) electrons. The number of aromatic nitrogens is 3. The Kier molecular flexibility index (Phi) is 5.29. The first-order valence-electron chi connectivity index (χ1n) is 8.29. The zero-order valence-corrected chi connectivity index (χ0v) is 17.2. The fourth-order valence-corrected chi connectivity index (χ4v) is 4.68. The second kappa shape index (κ2) is 7.84. The van der Waals surface area contributed by atoms with Crippen molar-refractivity contribution in [3.63, 3.8) is 0 Å². The first-order valence-corrected chi connectivity index (χ1v) is 10.5. The molecule has 0 atom stereocenters. The van der Waals surface area contributed by atoms with Crippen molar-refractivity contribution in [1.29, 1.82) is 0 Å². The van der Waals surface area contributed by atoms with Crippen LogP contribution < -0.4 is 4.74 Å². The van der Waals surface area contributed by atoms with Crippen molar-refractivity contribution >= 4 is 44.9 Å². The molecule has 2 aromatic heterocycles. The average Bonchev–Trinajstić information content (AvgIpc) is 3.09. The minimum absolute atomic E-state index is 0.741. The Labute approximate surface area is 170 Å². The molecule has 0 unspecified atom stereocenters. The van der Waals surface area contributed by atoms with Gasteiger partial charge in [0.15, 0.2) is 0 Å². The standard InChI is InChI=1S/C20H16ClN3OS2/c1-12-22-18-19(27-12)17(14-5-9-16(25-2)10-6-14)23-24-20(18)26-11-13-3-7-15(21)8-4-13/h3-10H,11H2,1-2H3. The number of halogens is 1. The molecule has 0 spiro atoms. The summed E-state index contributed by atoms with van der Waals surface area (Å²) in [5, 5.41) is 11.6. The third kappa shape index (κ3) is 3.93. The monoisotopic (exact) mass is 413 g/mol. The molecule has 4 nitrogen and oxygen atoms in total. The van der Waals surface area contributed by atoms with Gasteiger partial charge >= 0.3 is 0 Å². The molecule has 0 saturated carbocycles. The number of thioether (sulfide) groups is 1. The van der Waals surface area contributed by atoms with E-state index in [9.17, 15) is 0 Å². The number of fused-ring (bicyclic) bond motifs is 1. The summed E-state index contributed by atoms with van der Waals surface area (Å²) >= 11 is 9.24. The number of nitrogens with zero attached hydrogens (tertiary/aromatic N) is 3. The molecule has 4 aromatic rings. The summed E-state index contributed by atoms with van der Waals surface area (Å²) in [5.41, 5.74) is 3.96. The highest BCUT2D eigenvalue weighted by Crippen LogP contribution is 2.36. The highest BCUT2D eigenvalue weighted by Gasteiger charge is 2.16. The van der Waals surface area contributed by atoms with Crippen molar-refractivity contribution in [3.8, 4) is 17.0 Å². The van der Waals surface area contributed by atoms with Crippen LogP contribution in [-0.2, 0) is 5.75 Å². The molecule has 0 saturated heterocycles. The van der Waals surface area contributed by atoms with Crippen LogP contribution in [0.3, 0.4) is 0 Å². The molecule has 2 aromatic carbocycles. The average molecular weight is 414 g/mol. The summed E-state index contributed by atoms with van der Waals surface area (Å²) in [6.07, 6.45) is 0. The Morgan fingerprint density at radius 3 is 2.48 bits per heavy atom. The number of methoxy groups -OCH3 is 1. The van der Waals surface area contributed by atoms with E-state index in [0.29, 0.717) is 0 Å². The molecule has 0 amide bonds. The molecule has 0 aliphatic carbocycles. The predicted octanol–water partition coefficient (Wildman–Crippen LogP) is 6.02. The number of hydrogen-bond acceptors (Lipinski definition) is 6. The lowest BCUT2D eigenvalue weighted by Crippen LogP contribution is -1.93. The van der Waals surface area contributed by atoms with Crippen LogP contribution in [0.25, 0.3) is 21.5 Å². The van der Waals surface area contributed by atoms with E-state index in [1.54, 1.807) is 30.2 Å². The maximum Gasteiger partial charge on any atom is 0.146 e. The van der Waals surface area contributed by atoms with Gasteiger partial charge in [0.25, 0.3) is 0 Å². The third-order valence-electron chi connectivity index (χ3n) is 4.04. The van der Waals surface area contributed by atoms with Gasteiger partial charge in [-0.05, 0) is 48.9 Å². The van der Waals surface area contributed by atoms with Crippen LogP contribution in [-0.4, -0.2) is 22.3 Å². The van der Waals surface area contributed by atoms with Gasteiger partial charge in [0, 0.05) is 16.3 Å². The van der Waals surface area contributed by atoms with E-state index in [-0.39, 0.29) is 0 Å². The lowest BCUT2D eigenvalue weighted by molar-refractivity contribution is 0.415. The van der Waals surface area contributed by atoms with E-state index in [1.165, 1.54) is 5.56 Å². The lowest BCUT2D eigenvalue weighted by atomic mass is 10.1. The Hall–Kier alpha value is -2.15. The molecule has 4 rings (SSSR count). The number of rotatable bonds is 5. The smallest absolute Gasteiger partial charge is 0.146 e. The molecule has 136 valence electrons. The Morgan fingerprint density at radius 2 is 1.78 bits per heavy atom. The van der Waals surface area contributed by atoms with Gasteiger partial charge in [0.05, 0.1) is 16.8 Å². The first-order chi connectivity index (χ1) is 13.1. The fourth-order valence-electron chi connectivity index (χ4n) is 2.69. The van der Waals surface area contributed by atoms with Crippen molar-refractivity contribution in [1.82, 2.24) is 15.2 Å². The van der Waals surface area contributed by atoms with E-state index in [1.807, 2.05) is 55.5 Å². The van der Waals surface area contributed by atoms with Crippen LogP contribution in [0.2, 0.25) is 5.02 Å². The number of benzene rings is 2. The third-order valence-corrected chi connectivity index (χ3v) is 6.30. The summed E-state index contributed by atoms with van der Waals surface area (Å²) in [6, 6.07) is 15.7. The van der Waals surface area contributed by atoms with E-state index in [4.69, 9.17) is 21.3 Å². The van der Waals surface area contributed by atoms with E-state index in [0.717, 1.165) is 48.0 Å². The Bertz CT molecular complexity index is 1080. The predicted molar refractivity (Wildman–Crippen MR) is 113 cm³/mol. The van der Waals surface area contributed by atoms with Gasteiger partial charge < -0.3 is 4.74 Å². The second-order valence-corrected chi connectivity index (χ2v) is 8.51. The van der Waals surface area contributed by atoms with Crippen LogP contribution in [0.15, 0.2) is 53.6 Å². The van der Waals surface area contributed by atoms with E-state index >= 15 is 0 Å². The van der Waals surface area contributed by atoms with Gasteiger partial charge in [-0.2, -0.15) is 0 Å². The largest absolute Gasteiger partial charge is 0.497 e. The van der Waals surface area contributed by atoms with Crippen LogP contribution in [0.5, 0.6) is 5.75 Å². The van der Waals surface area contributed by atoms with Gasteiger partial charge in [0.1, 0.15) is 22.0 Å². The molecule has 0 fully saturated rings. The van der Waals surface area contributed by atoms with Crippen molar-refractivity contribution in [2.24, 2.45) is 0 Å². The van der Waals surface area contributed by atoms with Crippen LogP contribution >= 0.6 is 34.7 Å². The summed E-state index contributed by atoms with van der Waals surface area (Å²) in [6.45, 7) is 2.01. The van der Waals surface area contributed by atoms with E-state index < -0.39 is 0 Å². The van der Waals surface area contributed by atoms with Crippen molar-refractivity contribution < 1.29 is 4.74 Å². The van der Waals surface area contributed by atoms with Crippen molar-refractivity contribution in [2.45, 2.75) is 17.7 Å². The normalized spacial score (nSPS) is 11.1. The van der Waals surface area contributed by atoms with Gasteiger partial charge in [-0.1, -0.05) is 35.5 Å². The SMILES string of the molecule is COc1ccc(-c2nnc(SCc3ccc(Cl)cc3)c3nc(C)sc23)cc1. The molecule has 0 N–H and O–H groups in total. The lowest BCUT2D eigenvalue weighted by Gasteiger charge is -2.06. The summed E-state index contributed by atoms with van der Waals surface area (Å²) in [7, 11) is 1.66. The maximum atomic E-state index is 5.96. The first kappa shape index (κ1) is 18.2. The quantitative estimate of drug-likeness (QED) is 0.374. The maximum absolute atomic E-state index is 5.96. The zero-order chi connectivity index (χ0) is 18.8. The number of hydrogen-bond donors (Lipinski definition) is 0. The molecule has 7 heteroatoms. The minimum Gasteiger partial charge on any atom is -0.497 e. The molecule has 0 aliphatic rings. The highest BCUT2D eigenvalue weighted by molar-refractivity contribution is 7.98. The number of aryl methyl sites for hydroxylation is 1. The van der Waals surface area contributed by atoms with Gasteiger partial charge in [-0.25, -0.2) is 4.98 Å². The fraction of sp³-hybridized carbons (Fsp3) is 0.150. The topological polar surface area (TPSA) is 47.9 Å². The van der Waals surface area contributed by atoms with E-state index in [2.05, 4.69) is 10.2 Å². The second-order valence-electron chi connectivity index (χ2n) is 5.91. The minimum atomic E-state index is 0.741. The summed E-state index contributed by atoms with van der Waals surface area (Å²) in [4.78, 5) is 4.71. The number of thiazole rings is 1. The van der Waals surface area contributed by atoms with Crippen molar-refractivity contribution in [3.05, 3.63) is 64.1 Å². The molecular weight excluding hydrogens is 398 g/mol. The van der Waals surface area contributed by atoms with Crippen molar-refractivity contribution in [2.75, 3.05) is 7.11 Å². The summed E-state index contributed by atoms with van der Waals surface area (Å²) in [5.74, 6) is 1.61. The number of ether oxygens (including phenoxy) is 1. The van der Waals surface area contributed by atoms with Gasteiger partial charge in [-0.15, -0.1) is 21.5 Å². The molecule has 0 bridgehead atoms. The summed E-state index contributed by atoms with van der Waals surface area (Å²) < 4.78 is 6.30. The van der Waals surface area contributed by atoms with Gasteiger partial charge in [-0.3, -0.25) is 0 Å². The molecule has 2 heterocycles. The van der Waals surface area contributed by atoms with Crippen LogP contribution in [0.1, 0.15) is 10.6 Å². The molecule has 27 heavy (non-hydrogen) atoms. The Morgan fingerprint density at radius 1 is 1.04 bits per heavy atom. The van der Waals surface area contributed by atoms with Crippen LogP contribution in [0, 0.1) is 6.92 Å². The zero-order valence-electron chi connectivity index (χ0n) is 14.8.